The largest absolute Gasteiger partial charge is 0.369 e. The van der Waals surface area contributed by atoms with E-state index in [2.05, 4.69) is 31.0 Å². The van der Waals surface area contributed by atoms with E-state index in [4.69, 9.17) is 0 Å². The van der Waals surface area contributed by atoms with Gasteiger partial charge in [0.05, 0.1) is 0 Å². The maximum absolute atomic E-state index is 13.8. The molecule has 0 spiro atoms. The van der Waals surface area contributed by atoms with Crippen LogP contribution in [0.2, 0.25) is 0 Å². The molecule has 0 aromatic heterocycles. The van der Waals surface area contributed by atoms with Crippen molar-refractivity contribution in [2.24, 2.45) is 0 Å². The van der Waals surface area contributed by atoms with E-state index in [1.807, 2.05) is 0 Å². The van der Waals surface area contributed by atoms with Gasteiger partial charge in [0.15, 0.2) is 0 Å². The number of benzene rings is 2. The van der Waals surface area contributed by atoms with Crippen molar-refractivity contribution >= 4 is 27.5 Å². The number of hydrogen-bond donors (Lipinski definition) is 1. The third-order valence-electron chi connectivity index (χ3n) is 4.95. The summed E-state index contributed by atoms with van der Waals surface area (Å²) >= 11 is 3.23. The monoisotopic (exact) mass is 451 g/mol. The number of anilines is 1. The lowest BCUT2D eigenvalue weighted by atomic mass is 10.1. The van der Waals surface area contributed by atoms with Crippen LogP contribution in [0.15, 0.2) is 46.9 Å². The van der Waals surface area contributed by atoms with Gasteiger partial charge >= 0.3 is 0 Å². The van der Waals surface area contributed by atoms with Crippen LogP contribution in [0.25, 0.3) is 0 Å². The first-order valence-corrected chi connectivity index (χ1v) is 10.2. The normalized spacial score (nSPS) is 14.9. The topological polar surface area (TPSA) is 35.6 Å². The smallest absolute Gasteiger partial charge is 0.220 e. The molecule has 3 rings (SSSR count). The number of carbonyl (C=O) groups is 1. The number of carbonyl (C=O) groups excluding carboxylic acids is 1. The Morgan fingerprint density at radius 2 is 1.75 bits per heavy atom. The molecule has 28 heavy (non-hydrogen) atoms. The highest BCUT2D eigenvalue weighted by molar-refractivity contribution is 9.10. The summed E-state index contributed by atoms with van der Waals surface area (Å²) in [5.41, 5.74) is 1.59. The molecule has 1 saturated heterocycles. The minimum atomic E-state index is -0.291. The minimum Gasteiger partial charge on any atom is -0.369 e. The van der Waals surface area contributed by atoms with Gasteiger partial charge in [0.2, 0.25) is 5.91 Å². The van der Waals surface area contributed by atoms with Crippen LogP contribution < -0.4 is 10.2 Å². The number of nitrogens with one attached hydrogen (secondary N) is 1. The van der Waals surface area contributed by atoms with Gasteiger partial charge in [-0.05, 0) is 48.4 Å². The van der Waals surface area contributed by atoms with E-state index < -0.39 is 0 Å². The Kier molecular flexibility index (Phi) is 7.39. The van der Waals surface area contributed by atoms with Crippen LogP contribution in [0.4, 0.5) is 14.5 Å². The average molecular weight is 452 g/mol. The summed E-state index contributed by atoms with van der Waals surface area (Å²) in [4.78, 5) is 16.5. The first-order valence-electron chi connectivity index (χ1n) is 9.45. The van der Waals surface area contributed by atoms with Crippen LogP contribution in [-0.2, 0) is 11.2 Å². The fourth-order valence-electron chi connectivity index (χ4n) is 3.30. The molecule has 2 aromatic rings. The van der Waals surface area contributed by atoms with E-state index in [9.17, 15) is 13.6 Å². The number of halogens is 3. The van der Waals surface area contributed by atoms with Crippen LogP contribution in [0, 0.1) is 11.6 Å². The zero-order valence-electron chi connectivity index (χ0n) is 15.6. The molecule has 1 amide bonds. The van der Waals surface area contributed by atoms with E-state index >= 15 is 0 Å². The van der Waals surface area contributed by atoms with Gasteiger partial charge in [-0.1, -0.05) is 22.0 Å². The maximum atomic E-state index is 13.8. The number of piperazine rings is 1. The van der Waals surface area contributed by atoms with Crippen LogP contribution in [0.3, 0.4) is 0 Å². The highest BCUT2D eigenvalue weighted by Gasteiger charge is 2.17. The molecule has 1 aliphatic heterocycles. The fourth-order valence-corrected chi connectivity index (χ4v) is 3.63. The molecule has 0 saturated carbocycles. The molecule has 0 bridgehead atoms. The molecule has 0 radical (unpaired) electrons. The van der Waals surface area contributed by atoms with Gasteiger partial charge in [-0.25, -0.2) is 8.78 Å². The van der Waals surface area contributed by atoms with Crippen molar-refractivity contribution in [3.8, 4) is 0 Å². The van der Waals surface area contributed by atoms with E-state index in [1.165, 1.54) is 18.2 Å². The molecule has 0 atom stereocenters. The van der Waals surface area contributed by atoms with Gasteiger partial charge in [-0.2, -0.15) is 0 Å². The van der Waals surface area contributed by atoms with Crippen molar-refractivity contribution in [1.82, 2.24) is 10.2 Å². The van der Waals surface area contributed by atoms with Crippen LogP contribution in [-0.4, -0.2) is 50.1 Å². The summed E-state index contributed by atoms with van der Waals surface area (Å²) in [7, 11) is 0. The molecule has 1 N–H and O–H groups in total. The first-order chi connectivity index (χ1) is 13.5. The summed E-state index contributed by atoms with van der Waals surface area (Å²) < 4.78 is 27.5. The Labute approximate surface area is 172 Å². The van der Waals surface area contributed by atoms with Crippen LogP contribution in [0.1, 0.15) is 12.0 Å². The molecule has 2 aromatic carbocycles. The number of rotatable bonds is 7. The van der Waals surface area contributed by atoms with Crippen molar-refractivity contribution in [2.75, 3.05) is 44.2 Å². The van der Waals surface area contributed by atoms with E-state index in [-0.39, 0.29) is 24.0 Å². The Bertz CT molecular complexity index is 793. The zero-order chi connectivity index (χ0) is 19.9. The van der Waals surface area contributed by atoms with Crippen LogP contribution in [0.5, 0.6) is 0 Å². The Morgan fingerprint density at radius 3 is 2.43 bits per heavy atom. The van der Waals surface area contributed by atoms with E-state index in [1.54, 1.807) is 24.3 Å². The summed E-state index contributed by atoms with van der Waals surface area (Å²) in [6, 6.07) is 11.5. The number of hydrogen-bond acceptors (Lipinski definition) is 3. The lowest BCUT2D eigenvalue weighted by Gasteiger charge is -2.36. The third kappa shape index (κ3) is 6.01. The van der Waals surface area contributed by atoms with E-state index in [0.717, 1.165) is 38.4 Å². The lowest BCUT2D eigenvalue weighted by molar-refractivity contribution is -0.121. The molecule has 1 fully saturated rings. The molecular weight excluding hydrogens is 428 g/mol. The molecule has 1 heterocycles. The SMILES string of the molecule is O=C(CCc1ccc(Br)cc1F)NCCN1CCN(c2ccc(F)cc2)CC1. The van der Waals surface area contributed by atoms with Crippen molar-refractivity contribution < 1.29 is 13.6 Å². The minimum absolute atomic E-state index is 0.0627. The van der Waals surface area contributed by atoms with Crippen molar-refractivity contribution in [3.63, 3.8) is 0 Å². The second-order valence-electron chi connectivity index (χ2n) is 6.89. The maximum Gasteiger partial charge on any atom is 0.220 e. The van der Waals surface area contributed by atoms with Crippen molar-refractivity contribution in [2.45, 2.75) is 12.8 Å². The van der Waals surface area contributed by atoms with Crippen molar-refractivity contribution in [3.05, 3.63) is 64.1 Å². The van der Waals surface area contributed by atoms with Gasteiger partial charge in [0.25, 0.3) is 0 Å². The van der Waals surface area contributed by atoms with Gasteiger partial charge in [-0.15, -0.1) is 0 Å². The van der Waals surface area contributed by atoms with Gasteiger partial charge in [-0.3, -0.25) is 9.69 Å². The second kappa shape index (κ2) is 9.98. The Hall–Kier alpha value is -1.99. The molecule has 4 nitrogen and oxygen atoms in total. The Morgan fingerprint density at radius 1 is 1.04 bits per heavy atom. The van der Waals surface area contributed by atoms with Gasteiger partial charge in [0.1, 0.15) is 11.6 Å². The number of nitrogens with zero attached hydrogens (tertiary/aromatic N) is 2. The van der Waals surface area contributed by atoms with Gasteiger partial charge < -0.3 is 10.2 Å². The summed E-state index contributed by atoms with van der Waals surface area (Å²) in [6.07, 6.45) is 0.665. The lowest BCUT2D eigenvalue weighted by Crippen LogP contribution is -2.48. The molecule has 1 aliphatic rings. The quantitative estimate of drug-likeness (QED) is 0.698. The molecular formula is C21H24BrF2N3O. The fraction of sp³-hybridized carbons (Fsp3) is 0.381. The Balaban J connectivity index is 1.33. The highest BCUT2D eigenvalue weighted by Crippen LogP contribution is 2.17. The standard InChI is InChI=1S/C21H24BrF2N3O/c22-17-3-1-16(20(24)15-17)2-8-21(28)25-9-10-26-11-13-27(14-12-26)19-6-4-18(23)5-7-19/h1,3-7,15H,2,8-14H2,(H,25,28). The van der Waals surface area contributed by atoms with Gasteiger partial charge in [0, 0.05) is 55.8 Å². The number of amides is 1. The highest BCUT2D eigenvalue weighted by atomic mass is 79.9. The predicted octanol–water partition coefficient (Wildman–Crippen LogP) is 3.60. The van der Waals surface area contributed by atoms with E-state index in [0.29, 0.717) is 23.0 Å². The second-order valence-corrected chi connectivity index (χ2v) is 7.81. The molecule has 7 heteroatoms. The predicted molar refractivity (Wildman–Crippen MR) is 110 cm³/mol. The third-order valence-corrected chi connectivity index (χ3v) is 5.44. The summed E-state index contributed by atoms with van der Waals surface area (Å²) in [6.45, 7) is 4.92. The summed E-state index contributed by atoms with van der Waals surface area (Å²) in [5.74, 6) is -0.575. The number of aryl methyl sites for hydroxylation is 1. The molecule has 150 valence electrons. The van der Waals surface area contributed by atoms with Crippen molar-refractivity contribution in [1.29, 1.82) is 0 Å². The van der Waals surface area contributed by atoms with Crippen LogP contribution >= 0.6 is 15.9 Å². The molecule has 0 unspecified atom stereocenters. The average Bonchev–Trinajstić information content (AvgIpc) is 2.68. The first kappa shape index (κ1) is 20.7. The molecule has 0 aliphatic carbocycles. The zero-order valence-corrected chi connectivity index (χ0v) is 17.2. The summed E-state index contributed by atoms with van der Waals surface area (Å²) in [5, 5.41) is 2.91.